The van der Waals surface area contributed by atoms with Gasteiger partial charge in [0.05, 0.1) is 19.1 Å². The molecule has 0 amide bonds. The monoisotopic (exact) mass is 382 g/mol. The molecule has 4 nitrogen and oxygen atoms in total. The highest BCUT2D eigenvalue weighted by Crippen LogP contribution is 2.26. The van der Waals surface area contributed by atoms with Gasteiger partial charge in [-0.1, -0.05) is 15.9 Å². The molecule has 0 unspecified atom stereocenters. The summed E-state index contributed by atoms with van der Waals surface area (Å²) in [5.74, 6) is 1.19. The molecule has 0 aliphatic carbocycles. The SMILES string of the molecule is COc1ccc(/C=C/S(=O)(=O)c2ccc(Br)cc2)c(OC)c1. The summed E-state index contributed by atoms with van der Waals surface area (Å²) in [6.45, 7) is 0. The van der Waals surface area contributed by atoms with Crippen molar-refractivity contribution in [2.24, 2.45) is 0 Å². The van der Waals surface area contributed by atoms with Crippen LogP contribution in [0.3, 0.4) is 0 Å². The molecule has 2 rings (SSSR count). The lowest BCUT2D eigenvalue weighted by atomic mass is 10.2. The molecule has 0 aliphatic heterocycles. The number of hydrogen-bond acceptors (Lipinski definition) is 4. The Morgan fingerprint density at radius 2 is 1.68 bits per heavy atom. The standard InChI is InChI=1S/C16H15BrO4S/c1-20-14-6-3-12(16(11-14)21-2)9-10-22(18,19)15-7-4-13(17)5-8-15/h3-11H,1-2H3/b10-9+. The van der Waals surface area contributed by atoms with Gasteiger partial charge in [-0.05, 0) is 42.5 Å². The van der Waals surface area contributed by atoms with Crippen LogP contribution in [0.5, 0.6) is 11.5 Å². The minimum Gasteiger partial charge on any atom is -0.497 e. The number of halogens is 1. The molecule has 0 fully saturated rings. The zero-order valence-corrected chi connectivity index (χ0v) is 14.5. The Labute approximate surface area is 138 Å². The topological polar surface area (TPSA) is 52.6 Å². The Morgan fingerprint density at radius 3 is 2.27 bits per heavy atom. The number of rotatable bonds is 5. The summed E-state index contributed by atoms with van der Waals surface area (Å²) >= 11 is 3.28. The summed E-state index contributed by atoms with van der Waals surface area (Å²) in [6.07, 6.45) is 1.51. The second kappa shape index (κ2) is 6.98. The van der Waals surface area contributed by atoms with Crippen molar-refractivity contribution < 1.29 is 17.9 Å². The third-order valence-corrected chi connectivity index (χ3v) is 4.96. The van der Waals surface area contributed by atoms with E-state index in [4.69, 9.17) is 9.47 Å². The predicted octanol–water partition coefficient (Wildman–Crippen LogP) is 3.91. The van der Waals surface area contributed by atoms with E-state index in [1.165, 1.54) is 18.6 Å². The van der Waals surface area contributed by atoms with E-state index in [-0.39, 0.29) is 4.90 Å². The third kappa shape index (κ3) is 3.90. The molecule has 0 saturated heterocycles. The van der Waals surface area contributed by atoms with E-state index >= 15 is 0 Å². The summed E-state index contributed by atoms with van der Waals surface area (Å²) in [6, 6.07) is 11.7. The fraction of sp³-hybridized carbons (Fsp3) is 0.125. The number of hydrogen-bond donors (Lipinski definition) is 0. The summed E-state index contributed by atoms with van der Waals surface area (Å²) in [5, 5.41) is 1.17. The van der Waals surface area contributed by atoms with Crippen molar-refractivity contribution >= 4 is 31.8 Å². The third-order valence-electron chi connectivity index (χ3n) is 3.01. The quantitative estimate of drug-likeness (QED) is 0.786. The average Bonchev–Trinajstić information content (AvgIpc) is 2.53. The van der Waals surface area contributed by atoms with Crippen LogP contribution in [-0.2, 0) is 9.84 Å². The van der Waals surface area contributed by atoms with Crippen LogP contribution in [0, 0.1) is 0 Å². The predicted molar refractivity (Wildman–Crippen MR) is 89.9 cm³/mol. The van der Waals surface area contributed by atoms with Crippen molar-refractivity contribution in [2.75, 3.05) is 14.2 Å². The van der Waals surface area contributed by atoms with E-state index in [2.05, 4.69) is 15.9 Å². The lowest BCUT2D eigenvalue weighted by molar-refractivity contribution is 0.394. The van der Waals surface area contributed by atoms with Gasteiger partial charge >= 0.3 is 0 Å². The highest BCUT2D eigenvalue weighted by Gasteiger charge is 2.10. The van der Waals surface area contributed by atoms with Crippen molar-refractivity contribution in [3.63, 3.8) is 0 Å². The Balaban J connectivity index is 2.33. The Bertz CT molecular complexity index is 780. The van der Waals surface area contributed by atoms with Crippen LogP contribution in [0.2, 0.25) is 0 Å². The molecule has 116 valence electrons. The van der Waals surface area contributed by atoms with E-state index in [0.717, 1.165) is 4.47 Å². The largest absolute Gasteiger partial charge is 0.497 e. The van der Waals surface area contributed by atoms with Gasteiger partial charge in [-0.25, -0.2) is 8.42 Å². The Morgan fingerprint density at radius 1 is 1.00 bits per heavy atom. The van der Waals surface area contributed by atoms with Crippen LogP contribution in [-0.4, -0.2) is 22.6 Å². The lowest BCUT2D eigenvalue weighted by Crippen LogP contribution is -1.96. The second-order valence-electron chi connectivity index (χ2n) is 4.41. The van der Waals surface area contributed by atoms with Gasteiger partial charge in [0, 0.05) is 21.5 Å². The first kappa shape index (κ1) is 16.6. The first-order valence-electron chi connectivity index (χ1n) is 6.37. The van der Waals surface area contributed by atoms with Crippen LogP contribution in [0.25, 0.3) is 6.08 Å². The molecule has 6 heteroatoms. The number of methoxy groups -OCH3 is 2. The molecule has 0 atom stereocenters. The van der Waals surface area contributed by atoms with Crippen molar-refractivity contribution in [1.82, 2.24) is 0 Å². The van der Waals surface area contributed by atoms with Gasteiger partial charge in [-0.15, -0.1) is 0 Å². The zero-order chi connectivity index (χ0) is 16.2. The molecule has 0 aromatic heterocycles. The summed E-state index contributed by atoms with van der Waals surface area (Å²) < 4.78 is 35.7. The van der Waals surface area contributed by atoms with Crippen molar-refractivity contribution in [2.45, 2.75) is 4.90 Å². The summed E-state index contributed by atoms with van der Waals surface area (Å²) in [4.78, 5) is 0.236. The maximum atomic E-state index is 12.3. The van der Waals surface area contributed by atoms with Gasteiger partial charge < -0.3 is 9.47 Å². The van der Waals surface area contributed by atoms with Crippen LogP contribution in [0.4, 0.5) is 0 Å². The van der Waals surface area contributed by atoms with Crippen LogP contribution in [0.15, 0.2) is 57.2 Å². The van der Waals surface area contributed by atoms with Gasteiger partial charge in [0.15, 0.2) is 9.84 Å². The van der Waals surface area contributed by atoms with Gasteiger partial charge in [-0.3, -0.25) is 0 Å². The maximum absolute atomic E-state index is 12.3. The smallest absolute Gasteiger partial charge is 0.199 e. The molecule has 0 saturated carbocycles. The van der Waals surface area contributed by atoms with Crippen LogP contribution >= 0.6 is 15.9 Å². The number of benzene rings is 2. The van der Waals surface area contributed by atoms with E-state index in [1.807, 2.05) is 0 Å². The van der Waals surface area contributed by atoms with E-state index in [0.29, 0.717) is 17.1 Å². The normalized spacial score (nSPS) is 11.6. The molecular weight excluding hydrogens is 368 g/mol. The van der Waals surface area contributed by atoms with E-state index < -0.39 is 9.84 Å². The summed E-state index contributed by atoms with van der Waals surface area (Å²) in [5.41, 5.74) is 0.656. The van der Waals surface area contributed by atoms with Crippen molar-refractivity contribution in [1.29, 1.82) is 0 Å². The lowest BCUT2D eigenvalue weighted by Gasteiger charge is -2.07. The van der Waals surface area contributed by atoms with Crippen molar-refractivity contribution in [3.8, 4) is 11.5 Å². The first-order chi connectivity index (χ1) is 10.5. The molecule has 0 N–H and O–H groups in total. The molecule has 0 bridgehead atoms. The van der Waals surface area contributed by atoms with Gasteiger partial charge in [0.2, 0.25) is 0 Å². The number of sulfone groups is 1. The molecule has 2 aromatic carbocycles. The maximum Gasteiger partial charge on any atom is 0.199 e. The van der Waals surface area contributed by atoms with Crippen molar-refractivity contribution in [3.05, 3.63) is 57.9 Å². The molecular formula is C16H15BrO4S. The second-order valence-corrected chi connectivity index (χ2v) is 7.16. The zero-order valence-electron chi connectivity index (χ0n) is 12.1. The van der Waals surface area contributed by atoms with Gasteiger partial charge in [0.1, 0.15) is 11.5 Å². The van der Waals surface area contributed by atoms with Gasteiger partial charge in [-0.2, -0.15) is 0 Å². The van der Waals surface area contributed by atoms with Crippen LogP contribution in [0.1, 0.15) is 5.56 Å². The molecule has 0 heterocycles. The van der Waals surface area contributed by atoms with E-state index in [1.54, 1.807) is 49.6 Å². The molecule has 0 radical (unpaired) electrons. The highest BCUT2D eigenvalue weighted by molar-refractivity contribution is 9.10. The fourth-order valence-electron chi connectivity index (χ4n) is 1.82. The van der Waals surface area contributed by atoms with E-state index in [9.17, 15) is 8.42 Å². The fourth-order valence-corrected chi connectivity index (χ4v) is 3.08. The molecule has 22 heavy (non-hydrogen) atoms. The Hall–Kier alpha value is -1.79. The average molecular weight is 383 g/mol. The van der Waals surface area contributed by atoms with Gasteiger partial charge in [0.25, 0.3) is 0 Å². The minimum absolute atomic E-state index is 0.236. The molecule has 2 aromatic rings. The highest BCUT2D eigenvalue weighted by atomic mass is 79.9. The molecule has 0 aliphatic rings. The Kier molecular flexibility index (Phi) is 5.26. The summed E-state index contributed by atoms with van der Waals surface area (Å²) in [7, 11) is -0.423. The molecule has 0 spiro atoms. The minimum atomic E-state index is -3.50. The van der Waals surface area contributed by atoms with Crippen LogP contribution < -0.4 is 9.47 Å². The number of ether oxygens (including phenoxy) is 2. The first-order valence-corrected chi connectivity index (χ1v) is 8.71.